The average Bonchev–Trinajstić information content (AvgIpc) is 2.44. The van der Waals surface area contributed by atoms with E-state index in [4.69, 9.17) is 0 Å². The molecule has 4 heteroatoms. The van der Waals surface area contributed by atoms with Gasteiger partial charge in [-0.15, -0.1) is 0 Å². The van der Waals surface area contributed by atoms with Crippen LogP contribution in [-0.2, 0) is 4.79 Å². The van der Waals surface area contributed by atoms with E-state index in [-0.39, 0.29) is 18.1 Å². The number of hydrogen-bond donors (Lipinski definition) is 3. The van der Waals surface area contributed by atoms with Gasteiger partial charge in [-0.2, -0.15) is 0 Å². The van der Waals surface area contributed by atoms with E-state index in [1.807, 2.05) is 0 Å². The summed E-state index contributed by atoms with van der Waals surface area (Å²) in [6.45, 7) is 0.544. The van der Waals surface area contributed by atoms with Crippen molar-refractivity contribution in [2.24, 2.45) is 0 Å². The number of carbonyl (C=O) groups is 1. The Morgan fingerprint density at radius 2 is 2.23 bits per heavy atom. The molecule has 0 aromatic heterocycles. The van der Waals surface area contributed by atoms with Gasteiger partial charge in [0.05, 0.1) is 12.1 Å². The van der Waals surface area contributed by atoms with Crippen LogP contribution in [0.25, 0.3) is 0 Å². The van der Waals surface area contributed by atoms with Crippen molar-refractivity contribution in [3.63, 3.8) is 0 Å². The lowest BCUT2D eigenvalue weighted by Gasteiger charge is -2.27. The number of amides is 1. The number of β-amino-alcohol motifs (C(OH)–C–C–N with tert-alkyl or cyclic N) is 1. The minimum Gasteiger partial charge on any atom is -0.392 e. The van der Waals surface area contributed by atoms with Gasteiger partial charge in [-0.1, -0.05) is 0 Å². The van der Waals surface area contributed by atoms with Crippen LogP contribution in [0.2, 0.25) is 0 Å². The van der Waals surface area contributed by atoms with Crippen LogP contribution >= 0.6 is 0 Å². The Balaban J connectivity index is 1.76. The molecule has 0 aromatic carbocycles. The molecule has 1 aliphatic carbocycles. The number of hydrogen-bond acceptors (Lipinski definition) is 3. The number of rotatable bonds is 2. The van der Waals surface area contributed by atoms with Crippen LogP contribution in [0.15, 0.2) is 0 Å². The quantitative estimate of drug-likeness (QED) is 0.536. The summed E-state index contributed by atoms with van der Waals surface area (Å²) in [5.74, 6) is 0.0567. The molecular weight excluding hydrogens is 168 g/mol. The fourth-order valence-corrected chi connectivity index (χ4v) is 1.77. The van der Waals surface area contributed by atoms with Crippen LogP contribution in [0.1, 0.15) is 25.7 Å². The molecule has 0 aromatic rings. The molecule has 1 heterocycles. The maximum Gasteiger partial charge on any atom is 0.237 e. The summed E-state index contributed by atoms with van der Waals surface area (Å²) in [5, 5.41) is 15.2. The molecule has 1 aliphatic heterocycles. The summed E-state index contributed by atoms with van der Waals surface area (Å²) >= 11 is 0. The van der Waals surface area contributed by atoms with Gasteiger partial charge in [0.1, 0.15) is 0 Å². The van der Waals surface area contributed by atoms with E-state index < -0.39 is 0 Å². The van der Waals surface area contributed by atoms with Crippen LogP contribution in [0, 0.1) is 0 Å². The summed E-state index contributed by atoms with van der Waals surface area (Å²) in [4.78, 5) is 11.5. The molecule has 2 atom stereocenters. The SMILES string of the molecule is O=C(NC1CCC1)[C@@H]1C[C@@H](O)CN1. The minimum absolute atomic E-state index is 0.0567. The highest BCUT2D eigenvalue weighted by molar-refractivity contribution is 5.82. The highest BCUT2D eigenvalue weighted by Crippen LogP contribution is 2.18. The zero-order valence-electron chi connectivity index (χ0n) is 7.62. The van der Waals surface area contributed by atoms with E-state index in [0.717, 1.165) is 12.8 Å². The monoisotopic (exact) mass is 184 g/mol. The first kappa shape index (κ1) is 8.97. The lowest BCUT2D eigenvalue weighted by molar-refractivity contribution is -0.124. The van der Waals surface area contributed by atoms with Crippen molar-refractivity contribution in [2.75, 3.05) is 6.54 Å². The molecule has 74 valence electrons. The maximum absolute atomic E-state index is 11.5. The Morgan fingerprint density at radius 3 is 2.69 bits per heavy atom. The second kappa shape index (κ2) is 3.64. The van der Waals surface area contributed by atoms with E-state index in [1.54, 1.807) is 0 Å². The summed E-state index contributed by atoms with van der Waals surface area (Å²) in [7, 11) is 0. The first-order valence-corrected chi connectivity index (χ1v) is 4.97. The normalized spacial score (nSPS) is 34.2. The van der Waals surface area contributed by atoms with Crippen molar-refractivity contribution < 1.29 is 9.90 Å². The fraction of sp³-hybridized carbons (Fsp3) is 0.889. The summed E-state index contributed by atoms with van der Waals surface area (Å²) in [5.41, 5.74) is 0. The van der Waals surface area contributed by atoms with E-state index >= 15 is 0 Å². The van der Waals surface area contributed by atoms with Gasteiger partial charge in [0.2, 0.25) is 5.91 Å². The molecule has 3 N–H and O–H groups in total. The smallest absolute Gasteiger partial charge is 0.237 e. The lowest BCUT2D eigenvalue weighted by atomic mass is 9.93. The summed E-state index contributed by atoms with van der Waals surface area (Å²) in [6, 6.07) is 0.225. The van der Waals surface area contributed by atoms with E-state index in [2.05, 4.69) is 10.6 Å². The van der Waals surface area contributed by atoms with Crippen molar-refractivity contribution in [3.8, 4) is 0 Å². The summed E-state index contributed by atoms with van der Waals surface area (Å²) < 4.78 is 0. The second-order valence-electron chi connectivity index (χ2n) is 3.99. The zero-order valence-corrected chi connectivity index (χ0v) is 7.62. The van der Waals surface area contributed by atoms with Crippen molar-refractivity contribution in [3.05, 3.63) is 0 Å². The van der Waals surface area contributed by atoms with Gasteiger partial charge in [0, 0.05) is 12.6 Å². The molecular formula is C9H16N2O2. The lowest BCUT2D eigenvalue weighted by Crippen LogP contribution is -2.47. The maximum atomic E-state index is 11.5. The molecule has 4 nitrogen and oxygen atoms in total. The Kier molecular flexibility index (Phi) is 2.51. The molecule has 2 fully saturated rings. The van der Waals surface area contributed by atoms with Crippen LogP contribution < -0.4 is 10.6 Å². The van der Waals surface area contributed by atoms with Gasteiger partial charge in [-0.05, 0) is 25.7 Å². The van der Waals surface area contributed by atoms with Gasteiger partial charge in [-0.3, -0.25) is 4.79 Å². The Labute approximate surface area is 77.7 Å². The van der Waals surface area contributed by atoms with Gasteiger partial charge in [0.15, 0.2) is 0 Å². The number of aliphatic hydroxyl groups is 1. The number of carbonyl (C=O) groups excluding carboxylic acids is 1. The Hall–Kier alpha value is -0.610. The molecule has 2 aliphatic rings. The summed E-state index contributed by atoms with van der Waals surface area (Å²) in [6.07, 6.45) is 3.66. The molecule has 0 unspecified atom stereocenters. The third-order valence-corrected chi connectivity index (χ3v) is 2.88. The standard InChI is InChI=1S/C9H16N2O2/c12-7-4-8(10-5-7)9(13)11-6-2-1-3-6/h6-8,10,12H,1-5H2,(H,11,13)/t7-,8+/m1/s1. The predicted octanol–water partition coefficient (Wildman–Crippen LogP) is -0.622. The van der Waals surface area contributed by atoms with E-state index in [1.165, 1.54) is 6.42 Å². The zero-order chi connectivity index (χ0) is 9.26. The molecule has 0 radical (unpaired) electrons. The molecule has 0 spiro atoms. The van der Waals surface area contributed by atoms with Crippen molar-refractivity contribution >= 4 is 5.91 Å². The molecule has 1 amide bonds. The van der Waals surface area contributed by atoms with Crippen LogP contribution in [0.4, 0.5) is 0 Å². The number of nitrogens with one attached hydrogen (secondary N) is 2. The molecule has 13 heavy (non-hydrogen) atoms. The minimum atomic E-state index is -0.350. The third kappa shape index (κ3) is 2.00. The molecule has 0 bridgehead atoms. The predicted molar refractivity (Wildman–Crippen MR) is 48.2 cm³/mol. The second-order valence-corrected chi connectivity index (χ2v) is 3.99. The third-order valence-electron chi connectivity index (χ3n) is 2.88. The van der Waals surface area contributed by atoms with Crippen LogP contribution in [0.3, 0.4) is 0 Å². The largest absolute Gasteiger partial charge is 0.392 e. The van der Waals surface area contributed by atoms with E-state index in [0.29, 0.717) is 19.0 Å². The fourth-order valence-electron chi connectivity index (χ4n) is 1.77. The topological polar surface area (TPSA) is 61.4 Å². The van der Waals surface area contributed by atoms with Gasteiger partial charge in [0.25, 0.3) is 0 Å². The van der Waals surface area contributed by atoms with Crippen molar-refractivity contribution in [2.45, 2.75) is 43.9 Å². The van der Waals surface area contributed by atoms with Gasteiger partial charge < -0.3 is 15.7 Å². The molecule has 2 rings (SSSR count). The van der Waals surface area contributed by atoms with Gasteiger partial charge in [-0.25, -0.2) is 0 Å². The van der Waals surface area contributed by atoms with Crippen LogP contribution in [0.5, 0.6) is 0 Å². The molecule has 1 saturated carbocycles. The van der Waals surface area contributed by atoms with Crippen molar-refractivity contribution in [1.29, 1.82) is 0 Å². The highest BCUT2D eigenvalue weighted by Gasteiger charge is 2.30. The first-order chi connectivity index (χ1) is 6.25. The number of aliphatic hydroxyl groups excluding tert-OH is 1. The van der Waals surface area contributed by atoms with Gasteiger partial charge >= 0.3 is 0 Å². The highest BCUT2D eigenvalue weighted by atomic mass is 16.3. The average molecular weight is 184 g/mol. The Morgan fingerprint density at radius 1 is 1.46 bits per heavy atom. The van der Waals surface area contributed by atoms with Crippen molar-refractivity contribution in [1.82, 2.24) is 10.6 Å². The molecule has 1 saturated heterocycles. The van der Waals surface area contributed by atoms with Crippen LogP contribution in [-0.4, -0.2) is 35.7 Å². The van der Waals surface area contributed by atoms with E-state index in [9.17, 15) is 9.90 Å². The Bertz CT molecular complexity index is 204. The first-order valence-electron chi connectivity index (χ1n) is 4.97.